The molecule has 0 aliphatic heterocycles. The molecule has 0 saturated carbocycles. The molecule has 1 heterocycles. The van der Waals surface area contributed by atoms with Crippen LogP contribution in [0.1, 0.15) is 5.56 Å². The normalized spacial score (nSPS) is 11.4. The van der Waals surface area contributed by atoms with Crippen molar-refractivity contribution in [2.24, 2.45) is 0 Å². The van der Waals surface area contributed by atoms with Gasteiger partial charge in [-0.25, -0.2) is 0 Å². The summed E-state index contributed by atoms with van der Waals surface area (Å²) in [5.41, 5.74) is 3.23. The van der Waals surface area contributed by atoms with E-state index in [1.807, 2.05) is 28.6 Å². The molecule has 30 heavy (non-hydrogen) atoms. The van der Waals surface area contributed by atoms with Crippen LogP contribution in [-0.2, 0) is 6.54 Å². The predicted molar refractivity (Wildman–Crippen MR) is 129 cm³/mol. The standard InChI is InChI=1S/C22H19Cl2N2O2PS/c23-18-11-19(24)13-21(12-18)30-26(15-29(27)28)20-6-7-22-17(10-20)8-9-25(22)14-16-4-2-1-3-5-16/h1-13,27-28H,14-15H2. The molecule has 0 saturated heterocycles. The highest BCUT2D eigenvalue weighted by atomic mass is 35.5. The summed E-state index contributed by atoms with van der Waals surface area (Å²) in [6.07, 6.45) is 2.17. The maximum Gasteiger partial charge on any atom is 0.186 e. The summed E-state index contributed by atoms with van der Waals surface area (Å²) in [6.45, 7) is 0.793. The zero-order chi connectivity index (χ0) is 21.1. The summed E-state index contributed by atoms with van der Waals surface area (Å²) in [7, 11) is -2.11. The van der Waals surface area contributed by atoms with Crippen LogP contribution in [0.5, 0.6) is 0 Å². The third-order valence-electron chi connectivity index (χ3n) is 4.54. The Morgan fingerprint density at radius 2 is 1.63 bits per heavy atom. The molecule has 4 rings (SSSR count). The number of rotatable bonds is 7. The molecular weight excluding hydrogens is 458 g/mol. The van der Waals surface area contributed by atoms with Gasteiger partial charge in [0.25, 0.3) is 0 Å². The van der Waals surface area contributed by atoms with Gasteiger partial charge in [0.05, 0.1) is 6.29 Å². The quantitative estimate of drug-likeness (QED) is 0.228. The van der Waals surface area contributed by atoms with Gasteiger partial charge >= 0.3 is 0 Å². The first-order chi connectivity index (χ1) is 14.5. The van der Waals surface area contributed by atoms with Crippen LogP contribution in [0.15, 0.2) is 83.9 Å². The lowest BCUT2D eigenvalue weighted by molar-refractivity contribution is 0.484. The zero-order valence-electron chi connectivity index (χ0n) is 15.8. The van der Waals surface area contributed by atoms with E-state index in [1.54, 1.807) is 18.2 Å². The molecule has 0 unspecified atom stereocenters. The second kappa shape index (κ2) is 9.61. The van der Waals surface area contributed by atoms with Crippen molar-refractivity contribution in [1.29, 1.82) is 0 Å². The molecule has 0 amide bonds. The number of hydrogen-bond acceptors (Lipinski definition) is 4. The van der Waals surface area contributed by atoms with Crippen molar-refractivity contribution >= 4 is 60.1 Å². The molecule has 0 aliphatic carbocycles. The summed E-state index contributed by atoms with van der Waals surface area (Å²) in [6, 6.07) is 23.8. The minimum Gasteiger partial charge on any atom is -0.349 e. The van der Waals surface area contributed by atoms with E-state index in [-0.39, 0.29) is 6.29 Å². The average Bonchev–Trinajstić information content (AvgIpc) is 3.09. The van der Waals surface area contributed by atoms with Crippen molar-refractivity contribution in [2.75, 3.05) is 10.6 Å². The highest BCUT2D eigenvalue weighted by Gasteiger charge is 2.15. The molecule has 154 valence electrons. The molecule has 0 spiro atoms. The Morgan fingerprint density at radius 1 is 0.900 bits per heavy atom. The van der Waals surface area contributed by atoms with Crippen molar-refractivity contribution in [2.45, 2.75) is 11.4 Å². The smallest absolute Gasteiger partial charge is 0.186 e. The fourth-order valence-electron chi connectivity index (χ4n) is 3.25. The molecule has 1 aromatic heterocycles. The lowest BCUT2D eigenvalue weighted by Crippen LogP contribution is -2.14. The maximum atomic E-state index is 9.66. The summed E-state index contributed by atoms with van der Waals surface area (Å²) in [5, 5.41) is 2.15. The number of hydrogen-bond donors (Lipinski definition) is 2. The van der Waals surface area contributed by atoms with E-state index in [2.05, 4.69) is 41.1 Å². The molecule has 8 heteroatoms. The van der Waals surface area contributed by atoms with Crippen LogP contribution >= 0.6 is 43.5 Å². The number of aromatic nitrogens is 1. The molecule has 0 fully saturated rings. The van der Waals surface area contributed by atoms with Crippen LogP contribution in [-0.4, -0.2) is 20.6 Å². The number of anilines is 1. The molecule has 4 nitrogen and oxygen atoms in total. The first-order valence-corrected chi connectivity index (χ1v) is 12.1. The SMILES string of the molecule is OP(O)CN(Sc1cc(Cl)cc(Cl)c1)c1ccc2c(ccn2Cc2ccccc2)c1. The van der Waals surface area contributed by atoms with Gasteiger partial charge in [-0.15, -0.1) is 0 Å². The lowest BCUT2D eigenvalue weighted by atomic mass is 10.2. The van der Waals surface area contributed by atoms with E-state index < -0.39 is 8.38 Å². The van der Waals surface area contributed by atoms with Crippen LogP contribution in [0.4, 0.5) is 5.69 Å². The zero-order valence-corrected chi connectivity index (χ0v) is 19.0. The van der Waals surface area contributed by atoms with Crippen LogP contribution in [0, 0.1) is 0 Å². The highest BCUT2D eigenvalue weighted by molar-refractivity contribution is 8.01. The van der Waals surface area contributed by atoms with Crippen molar-refractivity contribution < 1.29 is 9.79 Å². The lowest BCUT2D eigenvalue weighted by Gasteiger charge is -2.24. The van der Waals surface area contributed by atoms with Gasteiger partial charge in [0.2, 0.25) is 0 Å². The number of nitrogens with zero attached hydrogens (tertiary/aromatic N) is 2. The van der Waals surface area contributed by atoms with Crippen molar-refractivity contribution in [3.63, 3.8) is 0 Å². The Morgan fingerprint density at radius 3 is 2.33 bits per heavy atom. The fourth-order valence-corrected chi connectivity index (χ4v) is 5.67. The summed E-state index contributed by atoms with van der Waals surface area (Å²) in [4.78, 5) is 20.1. The van der Waals surface area contributed by atoms with Crippen LogP contribution in [0.2, 0.25) is 10.0 Å². The van der Waals surface area contributed by atoms with Gasteiger partial charge in [0.15, 0.2) is 8.38 Å². The van der Waals surface area contributed by atoms with Gasteiger partial charge < -0.3 is 18.7 Å². The Balaban J connectivity index is 1.63. The van der Waals surface area contributed by atoms with E-state index in [1.165, 1.54) is 17.5 Å². The monoisotopic (exact) mass is 476 g/mol. The van der Waals surface area contributed by atoms with E-state index in [0.29, 0.717) is 10.0 Å². The summed E-state index contributed by atoms with van der Waals surface area (Å²) >= 11 is 13.6. The Hall–Kier alpha value is -1.72. The van der Waals surface area contributed by atoms with Crippen molar-refractivity contribution in [3.8, 4) is 0 Å². The van der Waals surface area contributed by atoms with Crippen molar-refractivity contribution in [1.82, 2.24) is 4.57 Å². The first kappa shape index (κ1) is 21.5. The van der Waals surface area contributed by atoms with Crippen LogP contribution < -0.4 is 4.31 Å². The molecule has 4 aromatic rings. The Labute approximate surface area is 190 Å². The molecular formula is C22H19Cl2N2O2PS. The van der Waals surface area contributed by atoms with Gasteiger partial charge in [0.1, 0.15) is 0 Å². The molecule has 2 N–H and O–H groups in total. The van der Waals surface area contributed by atoms with Gasteiger partial charge in [-0.2, -0.15) is 0 Å². The minimum atomic E-state index is -2.11. The van der Waals surface area contributed by atoms with Crippen LogP contribution in [0.25, 0.3) is 10.9 Å². The maximum absolute atomic E-state index is 9.66. The fraction of sp³-hybridized carbons (Fsp3) is 0.0909. The molecule has 3 aromatic carbocycles. The number of halogens is 2. The average molecular weight is 477 g/mol. The predicted octanol–water partition coefficient (Wildman–Crippen LogP) is 6.76. The largest absolute Gasteiger partial charge is 0.349 e. The number of fused-ring (bicyclic) bond motifs is 1. The summed E-state index contributed by atoms with van der Waals surface area (Å²) < 4.78 is 4.05. The summed E-state index contributed by atoms with van der Waals surface area (Å²) in [5.74, 6) is 0. The van der Waals surface area contributed by atoms with E-state index in [0.717, 1.165) is 28.0 Å². The molecule has 0 atom stereocenters. The van der Waals surface area contributed by atoms with Gasteiger partial charge in [-0.05, 0) is 60.0 Å². The first-order valence-electron chi connectivity index (χ1n) is 9.18. The topological polar surface area (TPSA) is 48.6 Å². The van der Waals surface area contributed by atoms with E-state index in [4.69, 9.17) is 23.2 Å². The Bertz CT molecular complexity index is 1130. The third-order valence-corrected chi connectivity index (χ3v) is 6.72. The highest BCUT2D eigenvalue weighted by Crippen LogP contribution is 2.38. The van der Waals surface area contributed by atoms with E-state index in [9.17, 15) is 9.79 Å². The second-order valence-electron chi connectivity index (χ2n) is 6.76. The van der Waals surface area contributed by atoms with Gasteiger partial charge in [-0.1, -0.05) is 53.5 Å². The van der Waals surface area contributed by atoms with Crippen LogP contribution in [0.3, 0.4) is 0 Å². The molecule has 0 aliphatic rings. The van der Waals surface area contributed by atoms with Crippen molar-refractivity contribution in [3.05, 3.63) is 94.6 Å². The Kier molecular flexibility index (Phi) is 6.89. The molecule has 0 radical (unpaired) electrons. The molecule has 0 bridgehead atoms. The second-order valence-corrected chi connectivity index (χ2v) is 9.76. The van der Waals surface area contributed by atoms with Gasteiger partial charge in [-0.3, -0.25) is 0 Å². The van der Waals surface area contributed by atoms with E-state index >= 15 is 0 Å². The van der Waals surface area contributed by atoms with Gasteiger partial charge in [0, 0.05) is 44.3 Å². The minimum absolute atomic E-state index is 0.0976. The number of benzene rings is 3. The third kappa shape index (κ3) is 5.30.